The summed E-state index contributed by atoms with van der Waals surface area (Å²) in [4.78, 5) is 14.1. The smallest absolute Gasteiger partial charge is 0.132 e. The molecule has 2 saturated carbocycles. The number of likely N-dealkylation sites (tertiary alicyclic amines) is 1. The number of anilines is 1. The second-order valence-electron chi connectivity index (χ2n) is 8.25. The van der Waals surface area contributed by atoms with Gasteiger partial charge < -0.3 is 4.90 Å². The highest BCUT2D eigenvalue weighted by Gasteiger charge is 2.37. The molecule has 0 unspecified atom stereocenters. The van der Waals surface area contributed by atoms with Gasteiger partial charge in [-0.05, 0) is 45.4 Å². The molecule has 1 N–H and O–H groups in total. The first-order valence-corrected chi connectivity index (χ1v) is 10.1. The molecule has 5 rings (SSSR count). The zero-order chi connectivity index (χ0) is 17.5. The molecular weight excluding hydrogens is 324 g/mol. The summed E-state index contributed by atoms with van der Waals surface area (Å²) in [6.07, 6.45) is 11.5. The SMILES string of the molecule is Cc1cc(N(C2CC2)C2CCN(Cc3cn[nH]c3C3CC3)CC2)ncn1. The highest BCUT2D eigenvalue weighted by molar-refractivity contribution is 5.43. The van der Waals surface area contributed by atoms with Gasteiger partial charge in [-0.1, -0.05) is 0 Å². The zero-order valence-corrected chi connectivity index (χ0v) is 15.6. The molecule has 2 aromatic rings. The van der Waals surface area contributed by atoms with Gasteiger partial charge in [-0.25, -0.2) is 9.97 Å². The Kier molecular flexibility index (Phi) is 4.15. The Hall–Kier alpha value is -1.95. The van der Waals surface area contributed by atoms with E-state index in [-0.39, 0.29) is 0 Å². The summed E-state index contributed by atoms with van der Waals surface area (Å²) < 4.78 is 0. The van der Waals surface area contributed by atoms with Crippen molar-refractivity contribution in [2.24, 2.45) is 0 Å². The van der Waals surface area contributed by atoms with E-state index in [9.17, 15) is 0 Å². The van der Waals surface area contributed by atoms with Crippen molar-refractivity contribution in [2.75, 3.05) is 18.0 Å². The normalized spacial score (nSPS) is 21.9. The van der Waals surface area contributed by atoms with Crippen LogP contribution in [-0.2, 0) is 6.54 Å². The molecule has 2 aromatic heterocycles. The molecule has 3 fully saturated rings. The van der Waals surface area contributed by atoms with Crippen LogP contribution in [0.5, 0.6) is 0 Å². The minimum Gasteiger partial charge on any atom is -0.350 e. The molecule has 26 heavy (non-hydrogen) atoms. The van der Waals surface area contributed by atoms with Gasteiger partial charge in [0, 0.05) is 60.7 Å². The van der Waals surface area contributed by atoms with Gasteiger partial charge in [-0.3, -0.25) is 10.00 Å². The van der Waals surface area contributed by atoms with Crippen LogP contribution < -0.4 is 4.90 Å². The van der Waals surface area contributed by atoms with Gasteiger partial charge in [-0.2, -0.15) is 5.10 Å². The molecule has 1 aliphatic heterocycles. The number of nitrogens with one attached hydrogen (secondary N) is 1. The molecule has 1 saturated heterocycles. The molecule has 0 bridgehead atoms. The lowest BCUT2D eigenvalue weighted by molar-refractivity contribution is 0.200. The number of aryl methyl sites for hydroxylation is 1. The molecule has 6 nitrogen and oxygen atoms in total. The number of aromatic nitrogens is 4. The van der Waals surface area contributed by atoms with Crippen molar-refractivity contribution in [3.8, 4) is 0 Å². The number of nitrogens with zero attached hydrogens (tertiary/aromatic N) is 5. The standard InChI is InChI=1S/C20H28N6/c1-14-10-19(22-13-21-14)26(17-4-5-17)18-6-8-25(9-7-18)12-16-11-23-24-20(16)15-2-3-15/h10-11,13,15,17-18H,2-9,12H2,1H3,(H,23,24). The molecule has 0 amide bonds. The first kappa shape index (κ1) is 16.2. The van der Waals surface area contributed by atoms with Crippen molar-refractivity contribution in [3.05, 3.63) is 35.5 Å². The third-order valence-electron chi connectivity index (χ3n) is 6.08. The summed E-state index contributed by atoms with van der Waals surface area (Å²) in [6.45, 7) is 5.42. The quantitative estimate of drug-likeness (QED) is 0.866. The highest BCUT2D eigenvalue weighted by Crippen LogP contribution is 2.41. The maximum atomic E-state index is 4.58. The van der Waals surface area contributed by atoms with Crippen molar-refractivity contribution in [1.29, 1.82) is 0 Å². The van der Waals surface area contributed by atoms with Crippen molar-refractivity contribution < 1.29 is 0 Å². The van der Waals surface area contributed by atoms with Crippen LogP contribution in [0.3, 0.4) is 0 Å². The fraction of sp³-hybridized carbons (Fsp3) is 0.650. The van der Waals surface area contributed by atoms with Crippen LogP contribution in [0.15, 0.2) is 18.6 Å². The maximum Gasteiger partial charge on any atom is 0.132 e. The Balaban J connectivity index is 1.23. The van der Waals surface area contributed by atoms with Crippen LogP contribution in [0.4, 0.5) is 5.82 Å². The zero-order valence-electron chi connectivity index (χ0n) is 15.6. The molecule has 0 aromatic carbocycles. The minimum atomic E-state index is 0.611. The number of hydrogen-bond acceptors (Lipinski definition) is 5. The van der Waals surface area contributed by atoms with Gasteiger partial charge in [0.05, 0.1) is 6.20 Å². The summed E-state index contributed by atoms with van der Waals surface area (Å²) in [5.74, 6) is 1.88. The largest absolute Gasteiger partial charge is 0.350 e. The minimum absolute atomic E-state index is 0.611. The fourth-order valence-corrected chi connectivity index (χ4v) is 4.38. The Morgan fingerprint density at radius 1 is 1.08 bits per heavy atom. The van der Waals surface area contributed by atoms with E-state index in [2.05, 4.69) is 43.0 Å². The molecular formula is C20H28N6. The second kappa shape index (κ2) is 6.65. The molecule has 3 heterocycles. The van der Waals surface area contributed by atoms with Gasteiger partial charge in [0.15, 0.2) is 0 Å². The van der Waals surface area contributed by atoms with Crippen LogP contribution >= 0.6 is 0 Å². The number of hydrogen-bond donors (Lipinski definition) is 1. The number of aromatic amines is 1. The van der Waals surface area contributed by atoms with Crippen molar-refractivity contribution in [3.63, 3.8) is 0 Å². The van der Waals surface area contributed by atoms with E-state index in [0.717, 1.165) is 37.1 Å². The fourth-order valence-electron chi connectivity index (χ4n) is 4.38. The van der Waals surface area contributed by atoms with E-state index in [1.165, 1.54) is 49.8 Å². The van der Waals surface area contributed by atoms with Gasteiger partial charge >= 0.3 is 0 Å². The predicted molar refractivity (Wildman–Crippen MR) is 101 cm³/mol. The topological polar surface area (TPSA) is 60.9 Å². The molecule has 2 aliphatic carbocycles. The van der Waals surface area contributed by atoms with Crippen LogP contribution in [0.2, 0.25) is 0 Å². The van der Waals surface area contributed by atoms with Gasteiger partial charge in [0.2, 0.25) is 0 Å². The monoisotopic (exact) mass is 352 g/mol. The van der Waals surface area contributed by atoms with E-state index in [1.54, 1.807) is 6.33 Å². The molecule has 6 heteroatoms. The van der Waals surface area contributed by atoms with Crippen molar-refractivity contribution in [1.82, 2.24) is 25.1 Å². The first-order chi connectivity index (χ1) is 12.8. The maximum absolute atomic E-state index is 4.58. The highest BCUT2D eigenvalue weighted by atomic mass is 15.3. The van der Waals surface area contributed by atoms with Gasteiger partial charge in [0.25, 0.3) is 0 Å². The predicted octanol–water partition coefficient (Wildman–Crippen LogP) is 3.02. The first-order valence-electron chi connectivity index (χ1n) is 10.1. The Bertz CT molecular complexity index is 755. The van der Waals surface area contributed by atoms with E-state index in [4.69, 9.17) is 0 Å². The summed E-state index contributed by atoms with van der Waals surface area (Å²) in [5, 5.41) is 7.53. The Morgan fingerprint density at radius 2 is 1.85 bits per heavy atom. The van der Waals surface area contributed by atoms with Crippen molar-refractivity contribution in [2.45, 2.75) is 70.0 Å². The van der Waals surface area contributed by atoms with Gasteiger partial charge in [0.1, 0.15) is 12.1 Å². The molecule has 3 aliphatic rings. The molecule has 0 radical (unpaired) electrons. The summed E-state index contributed by atoms with van der Waals surface area (Å²) in [6, 6.07) is 3.45. The summed E-state index contributed by atoms with van der Waals surface area (Å²) in [5.41, 5.74) is 3.87. The Labute approximate surface area is 155 Å². The van der Waals surface area contributed by atoms with E-state index in [1.807, 2.05) is 6.20 Å². The van der Waals surface area contributed by atoms with E-state index >= 15 is 0 Å². The number of piperidine rings is 1. The number of rotatable bonds is 6. The summed E-state index contributed by atoms with van der Waals surface area (Å²) in [7, 11) is 0. The molecule has 138 valence electrons. The van der Waals surface area contributed by atoms with Gasteiger partial charge in [-0.15, -0.1) is 0 Å². The molecule has 0 spiro atoms. The number of H-pyrrole nitrogens is 1. The van der Waals surface area contributed by atoms with Crippen LogP contribution in [0.25, 0.3) is 0 Å². The average Bonchev–Trinajstić information content (AvgIpc) is 3.57. The molecule has 0 atom stereocenters. The lowest BCUT2D eigenvalue weighted by atomic mass is 10.0. The van der Waals surface area contributed by atoms with Crippen LogP contribution in [0.1, 0.15) is 61.4 Å². The Morgan fingerprint density at radius 3 is 2.54 bits per heavy atom. The lowest BCUT2D eigenvalue weighted by Gasteiger charge is -2.39. The van der Waals surface area contributed by atoms with E-state index in [0.29, 0.717) is 12.1 Å². The second-order valence-corrected chi connectivity index (χ2v) is 8.25. The van der Waals surface area contributed by atoms with Crippen LogP contribution in [0, 0.1) is 6.92 Å². The average molecular weight is 352 g/mol. The van der Waals surface area contributed by atoms with Crippen LogP contribution in [-0.4, -0.2) is 50.2 Å². The van der Waals surface area contributed by atoms with E-state index < -0.39 is 0 Å². The third kappa shape index (κ3) is 3.34. The van der Waals surface area contributed by atoms with Crippen molar-refractivity contribution >= 4 is 5.82 Å². The lowest BCUT2D eigenvalue weighted by Crippen LogP contribution is -2.46. The third-order valence-corrected chi connectivity index (χ3v) is 6.08. The summed E-state index contributed by atoms with van der Waals surface area (Å²) >= 11 is 0.